The fraction of sp³-hybridized carbons (Fsp3) is 0.471. The van der Waals surface area contributed by atoms with Crippen LogP contribution < -0.4 is 10.5 Å². The smallest absolute Gasteiger partial charge is 0.131 e. The first kappa shape index (κ1) is 14.0. The molecule has 21 heavy (non-hydrogen) atoms. The molecule has 0 saturated heterocycles. The van der Waals surface area contributed by atoms with Gasteiger partial charge in [0.1, 0.15) is 23.1 Å². The minimum atomic E-state index is 0.558. The molecule has 1 aliphatic rings. The van der Waals surface area contributed by atoms with E-state index in [1.54, 1.807) is 7.11 Å². The summed E-state index contributed by atoms with van der Waals surface area (Å²) in [6.45, 7) is 5.35. The molecule has 1 aromatic heterocycles. The number of nitrogens with two attached hydrogens (primary N) is 1. The molecule has 1 heterocycles. The molecule has 4 heteroatoms. The van der Waals surface area contributed by atoms with Crippen LogP contribution >= 0.6 is 0 Å². The van der Waals surface area contributed by atoms with E-state index >= 15 is 0 Å². The molecule has 0 aliphatic heterocycles. The number of hydrogen-bond acceptors (Lipinski definition) is 3. The average molecular weight is 285 g/mol. The summed E-state index contributed by atoms with van der Waals surface area (Å²) in [5.74, 6) is 3.95. The molecule has 0 spiro atoms. The molecule has 4 nitrogen and oxygen atoms in total. The van der Waals surface area contributed by atoms with Gasteiger partial charge < -0.3 is 15.0 Å². The average Bonchev–Trinajstić information content (AvgIpc) is 3.26. The van der Waals surface area contributed by atoms with Crippen LogP contribution in [0.1, 0.15) is 38.4 Å². The highest BCUT2D eigenvalue weighted by atomic mass is 16.5. The van der Waals surface area contributed by atoms with E-state index in [1.165, 1.54) is 12.8 Å². The zero-order valence-electron chi connectivity index (χ0n) is 13.0. The molecular formula is C17H23N3O. The minimum absolute atomic E-state index is 0.558. The number of nitrogens with zero attached hydrogens (tertiary/aromatic N) is 2. The first-order valence-electron chi connectivity index (χ1n) is 7.60. The number of benzene rings is 1. The van der Waals surface area contributed by atoms with Gasteiger partial charge in [-0.15, -0.1) is 0 Å². The molecule has 0 atom stereocenters. The van der Waals surface area contributed by atoms with Crippen LogP contribution in [0.5, 0.6) is 5.75 Å². The van der Waals surface area contributed by atoms with Gasteiger partial charge in [0.25, 0.3) is 0 Å². The summed E-state index contributed by atoms with van der Waals surface area (Å²) in [5.41, 5.74) is 8.35. The van der Waals surface area contributed by atoms with Crippen molar-refractivity contribution in [2.45, 2.75) is 39.2 Å². The Kier molecular flexibility index (Phi) is 3.62. The number of anilines is 1. The quantitative estimate of drug-likeness (QED) is 0.911. The van der Waals surface area contributed by atoms with Crippen molar-refractivity contribution in [3.63, 3.8) is 0 Å². The Morgan fingerprint density at radius 1 is 1.29 bits per heavy atom. The van der Waals surface area contributed by atoms with Crippen LogP contribution in [0, 0.1) is 5.92 Å². The van der Waals surface area contributed by atoms with Gasteiger partial charge >= 0.3 is 0 Å². The van der Waals surface area contributed by atoms with E-state index in [2.05, 4.69) is 18.4 Å². The van der Waals surface area contributed by atoms with E-state index in [9.17, 15) is 0 Å². The van der Waals surface area contributed by atoms with E-state index in [1.807, 2.05) is 24.3 Å². The lowest BCUT2D eigenvalue weighted by atomic mass is 10.1. The van der Waals surface area contributed by atoms with Gasteiger partial charge in [-0.25, -0.2) is 4.98 Å². The summed E-state index contributed by atoms with van der Waals surface area (Å²) in [6, 6.07) is 7.95. The SMILES string of the molecule is COc1ccc(-c2nc(C3CC3)n(CC(C)C)c2N)cc1. The second-order valence-corrected chi connectivity index (χ2v) is 6.21. The summed E-state index contributed by atoms with van der Waals surface area (Å²) >= 11 is 0. The van der Waals surface area contributed by atoms with Gasteiger partial charge in [-0.1, -0.05) is 13.8 Å². The largest absolute Gasteiger partial charge is 0.497 e. The van der Waals surface area contributed by atoms with Crippen molar-refractivity contribution in [1.29, 1.82) is 0 Å². The summed E-state index contributed by atoms with van der Waals surface area (Å²) in [6.07, 6.45) is 2.47. The van der Waals surface area contributed by atoms with Gasteiger partial charge in [0.05, 0.1) is 7.11 Å². The monoisotopic (exact) mass is 285 g/mol. The Morgan fingerprint density at radius 2 is 1.95 bits per heavy atom. The maximum absolute atomic E-state index is 6.39. The van der Waals surface area contributed by atoms with Crippen molar-refractivity contribution >= 4 is 5.82 Å². The molecule has 0 bridgehead atoms. The molecule has 0 unspecified atom stereocenters. The Bertz CT molecular complexity index is 624. The van der Waals surface area contributed by atoms with E-state index in [0.29, 0.717) is 11.8 Å². The fourth-order valence-electron chi connectivity index (χ4n) is 2.65. The molecule has 0 radical (unpaired) electrons. The van der Waals surface area contributed by atoms with Gasteiger partial charge in [-0.2, -0.15) is 0 Å². The van der Waals surface area contributed by atoms with E-state index in [4.69, 9.17) is 15.5 Å². The standard InChI is InChI=1S/C17H23N3O/c1-11(2)10-20-16(18)15(19-17(20)13-4-5-13)12-6-8-14(21-3)9-7-12/h6-9,11,13H,4-5,10,18H2,1-3H3. The number of methoxy groups -OCH3 is 1. The molecule has 1 aliphatic carbocycles. The lowest BCUT2D eigenvalue weighted by molar-refractivity contribution is 0.415. The second-order valence-electron chi connectivity index (χ2n) is 6.21. The van der Waals surface area contributed by atoms with Gasteiger partial charge in [-0.05, 0) is 43.0 Å². The third-order valence-corrected chi connectivity index (χ3v) is 3.89. The van der Waals surface area contributed by atoms with E-state index in [-0.39, 0.29) is 0 Å². The van der Waals surface area contributed by atoms with Crippen LogP contribution in [0.15, 0.2) is 24.3 Å². The topological polar surface area (TPSA) is 53.1 Å². The van der Waals surface area contributed by atoms with Crippen molar-refractivity contribution in [2.75, 3.05) is 12.8 Å². The predicted molar refractivity (Wildman–Crippen MR) is 85.4 cm³/mol. The molecule has 0 amide bonds. The van der Waals surface area contributed by atoms with E-state index < -0.39 is 0 Å². The third-order valence-electron chi connectivity index (χ3n) is 3.89. The number of aromatic nitrogens is 2. The maximum atomic E-state index is 6.39. The molecule has 3 rings (SSSR count). The molecule has 112 valence electrons. The van der Waals surface area contributed by atoms with E-state index in [0.717, 1.165) is 35.2 Å². The Hall–Kier alpha value is -1.97. The summed E-state index contributed by atoms with van der Waals surface area (Å²) in [7, 11) is 1.67. The van der Waals surface area contributed by atoms with Gasteiger partial charge in [0.2, 0.25) is 0 Å². The number of imidazole rings is 1. The highest BCUT2D eigenvalue weighted by Gasteiger charge is 2.31. The van der Waals surface area contributed by atoms with Crippen molar-refractivity contribution in [1.82, 2.24) is 9.55 Å². The number of ether oxygens (including phenoxy) is 1. The molecule has 2 N–H and O–H groups in total. The zero-order valence-corrected chi connectivity index (χ0v) is 13.0. The summed E-state index contributed by atoms with van der Waals surface area (Å²) in [4.78, 5) is 4.85. The first-order chi connectivity index (χ1) is 10.1. The molecule has 1 fully saturated rings. The summed E-state index contributed by atoms with van der Waals surface area (Å²) in [5, 5.41) is 0. The van der Waals surface area contributed by atoms with Crippen LogP contribution in [0.25, 0.3) is 11.3 Å². The van der Waals surface area contributed by atoms with Gasteiger partial charge in [-0.3, -0.25) is 0 Å². The Morgan fingerprint density at radius 3 is 2.48 bits per heavy atom. The highest BCUT2D eigenvalue weighted by Crippen LogP contribution is 2.42. The first-order valence-corrected chi connectivity index (χ1v) is 7.60. The zero-order chi connectivity index (χ0) is 15.0. The van der Waals surface area contributed by atoms with Crippen molar-refractivity contribution in [3.8, 4) is 17.0 Å². The lowest BCUT2D eigenvalue weighted by Crippen LogP contribution is -2.10. The molecule has 2 aromatic rings. The lowest BCUT2D eigenvalue weighted by Gasteiger charge is -2.11. The number of hydrogen-bond donors (Lipinski definition) is 1. The van der Waals surface area contributed by atoms with Crippen LogP contribution in [0.3, 0.4) is 0 Å². The second kappa shape index (κ2) is 5.43. The molecule has 1 saturated carbocycles. The number of nitrogen functional groups attached to an aromatic ring is 1. The van der Waals surface area contributed by atoms with Crippen molar-refractivity contribution in [3.05, 3.63) is 30.1 Å². The minimum Gasteiger partial charge on any atom is -0.497 e. The third kappa shape index (κ3) is 2.75. The Balaban J connectivity index is 2.01. The van der Waals surface area contributed by atoms with Crippen LogP contribution in [0.4, 0.5) is 5.82 Å². The molecule has 1 aromatic carbocycles. The summed E-state index contributed by atoms with van der Waals surface area (Å²) < 4.78 is 7.42. The molecular weight excluding hydrogens is 262 g/mol. The highest BCUT2D eigenvalue weighted by molar-refractivity contribution is 5.71. The van der Waals surface area contributed by atoms with Gasteiger partial charge in [0, 0.05) is 18.0 Å². The van der Waals surface area contributed by atoms with Crippen LogP contribution in [-0.2, 0) is 6.54 Å². The Labute approximate surface area is 125 Å². The van der Waals surface area contributed by atoms with Crippen molar-refractivity contribution < 1.29 is 4.74 Å². The van der Waals surface area contributed by atoms with Crippen LogP contribution in [-0.4, -0.2) is 16.7 Å². The number of rotatable bonds is 5. The van der Waals surface area contributed by atoms with Crippen molar-refractivity contribution in [2.24, 2.45) is 5.92 Å². The predicted octanol–water partition coefficient (Wildman–Crippen LogP) is 3.67. The maximum Gasteiger partial charge on any atom is 0.131 e. The normalized spacial score (nSPS) is 14.7. The van der Waals surface area contributed by atoms with Gasteiger partial charge in [0.15, 0.2) is 0 Å². The van der Waals surface area contributed by atoms with Crippen LogP contribution in [0.2, 0.25) is 0 Å². The fourth-order valence-corrected chi connectivity index (χ4v) is 2.65.